The van der Waals surface area contributed by atoms with Crippen molar-refractivity contribution in [2.75, 3.05) is 20.3 Å². The van der Waals surface area contributed by atoms with Gasteiger partial charge in [-0.2, -0.15) is 0 Å². The number of nitrogens with one attached hydrogen (secondary N) is 1. The molecule has 1 aromatic heterocycles. The lowest BCUT2D eigenvalue weighted by Gasteiger charge is -2.13. The van der Waals surface area contributed by atoms with Crippen molar-refractivity contribution < 1.29 is 23.8 Å². The molecule has 0 amide bonds. The smallest absolute Gasteiger partial charge is 0.338 e. The number of aromatic nitrogens is 1. The maximum Gasteiger partial charge on any atom is 0.338 e. The molecule has 1 aromatic carbocycles. The van der Waals surface area contributed by atoms with E-state index in [-0.39, 0.29) is 18.0 Å². The molecule has 128 valence electrons. The van der Waals surface area contributed by atoms with Gasteiger partial charge in [0.1, 0.15) is 0 Å². The monoisotopic (exact) mass is 395 g/mol. The summed E-state index contributed by atoms with van der Waals surface area (Å²) in [6.07, 6.45) is 2.48. The van der Waals surface area contributed by atoms with Crippen molar-refractivity contribution in [3.8, 4) is 11.5 Å². The van der Waals surface area contributed by atoms with Gasteiger partial charge in [-0.1, -0.05) is 6.92 Å². The van der Waals surface area contributed by atoms with Gasteiger partial charge in [-0.15, -0.1) is 0 Å². The minimum Gasteiger partial charge on any atom is -0.493 e. The highest BCUT2D eigenvalue weighted by Crippen LogP contribution is 2.37. The second kappa shape index (κ2) is 8.54. The summed E-state index contributed by atoms with van der Waals surface area (Å²) >= 11 is 3.36. The van der Waals surface area contributed by atoms with Crippen LogP contribution in [0.5, 0.6) is 11.5 Å². The lowest BCUT2D eigenvalue weighted by atomic mass is 10.2. The number of methoxy groups -OCH3 is 1. The SMILES string of the molecule is CCCOc1c(Br)cc(C(=O)OCC(=O)c2ccc[nH]2)cc1OC. The van der Waals surface area contributed by atoms with Crippen molar-refractivity contribution in [1.29, 1.82) is 0 Å². The lowest BCUT2D eigenvalue weighted by Crippen LogP contribution is -2.14. The fourth-order valence-electron chi connectivity index (χ4n) is 1.98. The quantitative estimate of drug-likeness (QED) is 0.545. The maximum absolute atomic E-state index is 12.2. The molecule has 7 heteroatoms. The fourth-order valence-corrected chi connectivity index (χ4v) is 2.53. The molecule has 0 fully saturated rings. The van der Waals surface area contributed by atoms with Crippen LogP contribution in [-0.4, -0.2) is 37.1 Å². The third-order valence-electron chi connectivity index (χ3n) is 3.15. The molecule has 0 aliphatic rings. The molecule has 0 aliphatic carbocycles. The van der Waals surface area contributed by atoms with Gasteiger partial charge in [0.15, 0.2) is 18.1 Å². The molecule has 0 saturated heterocycles. The average molecular weight is 396 g/mol. The van der Waals surface area contributed by atoms with Crippen molar-refractivity contribution >= 4 is 27.7 Å². The minimum atomic E-state index is -0.615. The number of benzene rings is 1. The number of Topliss-reactive ketones (excluding diaryl/α,β-unsaturated/α-hetero) is 1. The number of aromatic amines is 1. The number of H-pyrrole nitrogens is 1. The van der Waals surface area contributed by atoms with Crippen molar-refractivity contribution in [3.05, 3.63) is 46.2 Å². The van der Waals surface area contributed by atoms with E-state index in [1.54, 1.807) is 24.4 Å². The molecule has 2 rings (SSSR count). The van der Waals surface area contributed by atoms with Crippen LogP contribution in [0.15, 0.2) is 34.9 Å². The van der Waals surface area contributed by atoms with Crippen molar-refractivity contribution in [2.45, 2.75) is 13.3 Å². The number of rotatable bonds is 8. The molecule has 0 radical (unpaired) electrons. The molecule has 0 aliphatic heterocycles. The Hall–Kier alpha value is -2.28. The third kappa shape index (κ3) is 4.38. The molecule has 0 bridgehead atoms. The van der Waals surface area contributed by atoms with Crippen LogP contribution < -0.4 is 9.47 Å². The van der Waals surface area contributed by atoms with E-state index in [1.165, 1.54) is 13.2 Å². The number of hydrogen-bond donors (Lipinski definition) is 1. The molecule has 1 N–H and O–H groups in total. The molecule has 0 unspecified atom stereocenters. The second-order valence-corrected chi connectivity index (χ2v) is 5.78. The standard InChI is InChI=1S/C17H18BrNO5/c1-3-7-23-16-12(18)8-11(9-15(16)22-2)17(21)24-10-14(20)13-5-4-6-19-13/h4-6,8-9,19H,3,7,10H2,1-2H3. The molecule has 0 atom stereocenters. The Morgan fingerprint density at radius 3 is 2.71 bits per heavy atom. The van der Waals surface area contributed by atoms with Gasteiger partial charge < -0.3 is 19.2 Å². The Morgan fingerprint density at radius 1 is 1.29 bits per heavy atom. The van der Waals surface area contributed by atoms with E-state index in [2.05, 4.69) is 20.9 Å². The first-order valence-electron chi connectivity index (χ1n) is 7.40. The summed E-state index contributed by atoms with van der Waals surface area (Å²) in [5.74, 6) is 0.0251. The number of halogens is 1. The van der Waals surface area contributed by atoms with Crippen LogP contribution in [0, 0.1) is 0 Å². The van der Waals surface area contributed by atoms with E-state index in [4.69, 9.17) is 14.2 Å². The first-order chi connectivity index (χ1) is 11.6. The third-order valence-corrected chi connectivity index (χ3v) is 3.74. The number of carbonyl (C=O) groups excluding carboxylic acids is 2. The highest BCUT2D eigenvalue weighted by molar-refractivity contribution is 9.10. The van der Waals surface area contributed by atoms with E-state index in [0.717, 1.165) is 6.42 Å². The highest BCUT2D eigenvalue weighted by atomic mass is 79.9. The van der Waals surface area contributed by atoms with Gasteiger partial charge in [-0.05, 0) is 46.6 Å². The molecule has 2 aromatic rings. The molecule has 0 spiro atoms. The molecular formula is C17H18BrNO5. The van der Waals surface area contributed by atoms with Crippen LogP contribution in [0.1, 0.15) is 34.2 Å². The Bertz CT molecular complexity index is 712. The Morgan fingerprint density at radius 2 is 2.08 bits per heavy atom. The lowest BCUT2D eigenvalue weighted by molar-refractivity contribution is 0.0473. The number of ether oxygens (including phenoxy) is 3. The van der Waals surface area contributed by atoms with E-state index in [9.17, 15) is 9.59 Å². The Kier molecular flexibility index (Phi) is 6.43. The average Bonchev–Trinajstić information content (AvgIpc) is 3.12. The van der Waals surface area contributed by atoms with Crippen LogP contribution in [0.4, 0.5) is 0 Å². The van der Waals surface area contributed by atoms with Crippen molar-refractivity contribution in [3.63, 3.8) is 0 Å². The zero-order chi connectivity index (χ0) is 17.5. The molecule has 6 nitrogen and oxygen atoms in total. The summed E-state index contributed by atoms with van der Waals surface area (Å²) < 4.78 is 16.5. The van der Waals surface area contributed by atoms with E-state index in [0.29, 0.717) is 28.3 Å². The van der Waals surface area contributed by atoms with Crippen LogP contribution in [0.25, 0.3) is 0 Å². The number of carbonyl (C=O) groups is 2. The van der Waals surface area contributed by atoms with Gasteiger partial charge >= 0.3 is 5.97 Å². The van der Waals surface area contributed by atoms with Crippen molar-refractivity contribution in [2.24, 2.45) is 0 Å². The van der Waals surface area contributed by atoms with Gasteiger partial charge in [0.05, 0.1) is 29.4 Å². The van der Waals surface area contributed by atoms with Crippen LogP contribution >= 0.6 is 15.9 Å². The van der Waals surface area contributed by atoms with Crippen molar-refractivity contribution in [1.82, 2.24) is 4.98 Å². The predicted octanol–water partition coefficient (Wildman–Crippen LogP) is 3.61. The summed E-state index contributed by atoms with van der Waals surface area (Å²) in [7, 11) is 1.49. The molecule has 24 heavy (non-hydrogen) atoms. The molecular weight excluding hydrogens is 378 g/mol. The summed E-state index contributed by atoms with van der Waals surface area (Å²) in [5, 5.41) is 0. The van der Waals surface area contributed by atoms with Crippen LogP contribution in [0.3, 0.4) is 0 Å². The summed E-state index contributed by atoms with van der Waals surface area (Å²) in [4.78, 5) is 26.8. The Labute approximate surface area is 148 Å². The van der Waals surface area contributed by atoms with Gasteiger partial charge in [-0.3, -0.25) is 4.79 Å². The second-order valence-electron chi connectivity index (χ2n) is 4.92. The highest BCUT2D eigenvalue weighted by Gasteiger charge is 2.18. The number of hydrogen-bond acceptors (Lipinski definition) is 5. The number of esters is 1. The zero-order valence-electron chi connectivity index (χ0n) is 13.4. The topological polar surface area (TPSA) is 77.6 Å². The summed E-state index contributed by atoms with van der Waals surface area (Å²) in [6.45, 7) is 2.18. The van der Waals surface area contributed by atoms with Gasteiger partial charge in [0.25, 0.3) is 0 Å². The number of ketones is 1. The van der Waals surface area contributed by atoms with Crippen LogP contribution in [-0.2, 0) is 4.74 Å². The first kappa shape index (κ1) is 18.1. The van der Waals surface area contributed by atoms with E-state index < -0.39 is 5.97 Å². The van der Waals surface area contributed by atoms with Gasteiger partial charge in [-0.25, -0.2) is 4.79 Å². The normalized spacial score (nSPS) is 10.3. The van der Waals surface area contributed by atoms with Gasteiger partial charge in [0.2, 0.25) is 5.78 Å². The van der Waals surface area contributed by atoms with Gasteiger partial charge in [0, 0.05) is 6.20 Å². The largest absolute Gasteiger partial charge is 0.493 e. The summed E-state index contributed by atoms with van der Waals surface area (Å²) in [6, 6.07) is 6.42. The predicted molar refractivity (Wildman–Crippen MR) is 91.9 cm³/mol. The molecule has 0 saturated carbocycles. The minimum absolute atomic E-state index is 0.266. The maximum atomic E-state index is 12.2. The Balaban J connectivity index is 2.09. The van der Waals surface area contributed by atoms with Crippen LogP contribution in [0.2, 0.25) is 0 Å². The van der Waals surface area contributed by atoms with E-state index >= 15 is 0 Å². The summed E-state index contributed by atoms with van der Waals surface area (Å²) in [5.41, 5.74) is 0.659. The molecule has 1 heterocycles. The first-order valence-corrected chi connectivity index (χ1v) is 8.20. The van der Waals surface area contributed by atoms with E-state index in [1.807, 2.05) is 6.92 Å². The zero-order valence-corrected chi connectivity index (χ0v) is 15.0. The fraction of sp³-hybridized carbons (Fsp3) is 0.294.